The summed E-state index contributed by atoms with van der Waals surface area (Å²) in [6.07, 6.45) is 0. The average molecular weight is 278 g/mol. The molecule has 4 heteroatoms. The van der Waals surface area contributed by atoms with Crippen LogP contribution in [0.25, 0.3) is 0 Å². The predicted octanol–water partition coefficient (Wildman–Crippen LogP) is 0.618. The Labute approximate surface area is 106 Å². The van der Waals surface area contributed by atoms with Crippen LogP contribution in [0.1, 0.15) is 5.56 Å². The van der Waals surface area contributed by atoms with Crippen molar-refractivity contribution in [3.63, 3.8) is 0 Å². The molecule has 0 aliphatic heterocycles. The van der Waals surface area contributed by atoms with Crippen molar-refractivity contribution >= 4 is 0 Å². The second-order valence-electron chi connectivity index (χ2n) is 1.58. The third-order valence-corrected chi connectivity index (χ3v) is 0.885. The minimum Gasteiger partial charge on any atom is -0.400 e. The Morgan fingerprint density at radius 2 is 1.14 bits per heavy atom. The Kier molecular flexibility index (Phi) is 49.4. The van der Waals surface area contributed by atoms with Crippen LogP contribution in [0.3, 0.4) is 0 Å². The molecule has 0 saturated heterocycles. The van der Waals surface area contributed by atoms with Crippen LogP contribution < -0.4 is 0 Å². The Balaban J connectivity index is -0.0000000625. The molecule has 0 amide bonds. The molecule has 0 atom stereocenters. The van der Waals surface area contributed by atoms with E-state index in [1.165, 1.54) is 5.56 Å². The fourth-order valence-corrected chi connectivity index (χ4v) is 0.470. The minimum absolute atomic E-state index is 0. The largest absolute Gasteiger partial charge is 0.400 e. The van der Waals surface area contributed by atoms with Crippen LogP contribution in [0.4, 0.5) is 0 Å². The Hall–Kier alpha value is -0.0169. The number of aliphatic hydroxyl groups excluding tert-OH is 3. The summed E-state index contributed by atoms with van der Waals surface area (Å²) in [6, 6.07) is 10.8. The molecule has 3 nitrogen and oxygen atoms in total. The van der Waals surface area contributed by atoms with E-state index in [-0.39, 0.29) is 26.2 Å². The molecule has 0 fully saturated rings. The van der Waals surface area contributed by atoms with Gasteiger partial charge in [0.25, 0.3) is 0 Å². The molecule has 14 heavy (non-hydrogen) atoms. The minimum atomic E-state index is 0. The molecule has 0 saturated carbocycles. The van der Waals surface area contributed by atoms with Crippen molar-refractivity contribution in [3.05, 3.63) is 35.9 Å². The summed E-state index contributed by atoms with van der Waals surface area (Å²) in [7, 11) is 3.00. The van der Waals surface area contributed by atoms with Crippen molar-refractivity contribution in [2.45, 2.75) is 6.92 Å². The molecule has 0 spiro atoms. The monoisotopic (exact) mass is 277 g/mol. The molecule has 0 radical (unpaired) electrons. The van der Waals surface area contributed by atoms with E-state index in [0.717, 1.165) is 21.3 Å². The van der Waals surface area contributed by atoms with E-state index in [2.05, 4.69) is 13.0 Å². The Morgan fingerprint density at radius 3 is 1.29 bits per heavy atom. The molecule has 0 bridgehead atoms. The SMILES string of the molecule is CO.CO.CO.Cc1cc[c-]cc1.[Zr]. The van der Waals surface area contributed by atoms with Crippen LogP contribution >= 0.6 is 0 Å². The van der Waals surface area contributed by atoms with Gasteiger partial charge in [-0.2, -0.15) is 35.9 Å². The van der Waals surface area contributed by atoms with Gasteiger partial charge in [0.05, 0.1) is 0 Å². The smallest absolute Gasteiger partial charge is 0.0319 e. The molecule has 0 heterocycles. The van der Waals surface area contributed by atoms with Gasteiger partial charge in [-0.25, -0.2) is 0 Å². The summed E-state index contributed by atoms with van der Waals surface area (Å²) in [5.41, 5.74) is 1.29. The van der Waals surface area contributed by atoms with Crippen LogP contribution in [-0.4, -0.2) is 36.6 Å². The van der Waals surface area contributed by atoms with Crippen LogP contribution in [-0.2, 0) is 26.2 Å². The van der Waals surface area contributed by atoms with E-state index < -0.39 is 0 Å². The first-order valence-corrected chi connectivity index (χ1v) is 3.66. The van der Waals surface area contributed by atoms with Crippen molar-refractivity contribution < 1.29 is 41.5 Å². The summed E-state index contributed by atoms with van der Waals surface area (Å²) in [6.45, 7) is 2.06. The van der Waals surface area contributed by atoms with E-state index >= 15 is 0 Å². The van der Waals surface area contributed by atoms with E-state index in [0.29, 0.717) is 0 Å². The van der Waals surface area contributed by atoms with E-state index in [4.69, 9.17) is 15.3 Å². The fraction of sp³-hybridized carbons (Fsp3) is 0.400. The predicted molar refractivity (Wildman–Crippen MR) is 54.4 cm³/mol. The maximum absolute atomic E-state index is 7.00. The number of aliphatic hydroxyl groups is 3. The first-order chi connectivity index (χ1) is 6.39. The first kappa shape index (κ1) is 23.6. The first-order valence-electron chi connectivity index (χ1n) is 3.66. The summed E-state index contributed by atoms with van der Waals surface area (Å²) in [4.78, 5) is 0. The van der Waals surface area contributed by atoms with E-state index in [1.54, 1.807) is 0 Å². The van der Waals surface area contributed by atoms with Gasteiger partial charge < -0.3 is 15.3 Å². The van der Waals surface area contributed by atoms with Crippen molar-refractivity contribution in [1.29, 1.82) is 0 Å². The van der Waals surface area contributed by atoms with Gasteiger partial charge in [0.15, 0.2) is 0 Å². The number of aryl methyl sites for hydroxylation is 1. The van der Waals surface area contributed by atoms with Crippen LogP contribution in [0.15, 0.2) is 24.3 Å². The van der Waals surface area contributed by atoms with Crippen molar-refractivity contribution in [2.75, 3.05) is 21.3 Å². The van der Waals surface area contributed by atoms with Crippen molar-refractivity contribution in [3.8, 4) is 0 Å². The van der Waals surface area contributed by atoms with Gasteiger partial charge in [-0.1, -0.05) is 6.92 Å². The fourth-order valence-electron chi connectivity index (χ4n) is 0.470. The third kappa shape index (κ3) is 22.7. The molecule has 0 unspecified atom stereocenters. The quantitative estimate of drug-likeness (QED) is 0.610. The maximum Gasteiger partial charge on any atom is 0.0319 e. The third-order valence-electron chi connectivity index (χ3n) is 0.885. The van der Waals surface area contributed by atoms with Gasteiger partial charge in [-0.3, -0.25) is 0 Å². The second kappa shape index (κ2) is 29.3. The van der Waals surface area contributed by atoms with Crippen LogP contribution in [0.5, 0.6) is 0 Å². The molecule has 1 rings (SSSR count). The molecular formula is C10H19O3Zr-. The van der Waals surface area contributed by atoms with E-state index in [9.17, 15) is 0 Å². The molecule has 0 aliphatic carbocycles. The number of benzene rings is 1. The Bertz CT molecular complexity index is 145. The van der Waals surface area contributed by atoms with Crippen molar-refractivity contribution in [2.24, 2.45) is 0 Å². The topological polar surface area (TPSA) is 60.7 Å². The summed E-state index contributed by atoms with van der Waals surface area (Å²) in [5, 5.41) is 21.0. The van der Waals surface area contributed by atoms with Gasteiger partial charge in [0, 0.05) is 47.5 Å². The zero-order valence-corrected chi connectivity index (χ0v) is 11.6. The van der Waals surface area contributed by atoms with Gasteiger partial charge in [-0.05, 0) is 0 Å². The number of hydrogen-bond acceptors (Lipinski definition) is 3. The maximum atomic E-state index is 7.00. The normalized spacial score (nSPS) is 5.64. The molecule has 0 aliphatic rings. The van der Waals surface area contributed by atoms with Gasteiger partial charge in [0.2, 0.25) is 0 Å². The second-order valence-corrected chi connectivity index (χ2v) is 1.58. The number of hydrogen-bond donors (Lipinski definition) is 3. The molecule has 82 valence electrons. The van der Waals surface area contributed by atoms with Crippen LogP contribution in [0, 0.1) is 13.0 Å². The zero-order chi connectivity index (χ0) is 11.1. The molecule has 1 aromatic rings. The molecule has 1 aromatic carbocycles. The van der Waals surface area contributed by atoms with E-state index in [1.807, 2.05) is 24.3 Å². The molecule has 3 N–H and O–H groups in total. The zero-order valence-electron chi connectivity index (χ0n) is 9.15. The van der Waals surface area contributed by atoms with Crippen LogP contribution in [0.2, 0.25) is 0 Å². The molecule has 0 aromatic heterocycles. The standard InChI is InChI=1S/C7H7.3CH4O.Zr/c1-7-5-3-2-4-6-7;3*1-2;/h3-6H,1H3;3*2H,1H3;/q-1;;;;. The van der Waals surface area contributed by atoms with Gasteiger partial charge in [0.1, 0.15) is 0 Å². The average Bonchev–Trinajstić information content (AvgIpc) is 2.28. The summed E-state index contributed by atoms with van der Waals surface area (Å²) >= 11 is 0. The summed E-state index contributed by atoms with van der Waals surface area (Å²) < 4.78 is 0. The summed E-state index contributed by atoms with van der Waals surface area (Å²) in [5.74, 6) is 0. The number of rotatable bonds is 0. The van der Waals surface area contributed by atoms with Gasteiger partial charge >= 0.3 is 0 Å². The Morgan fingerprint density at radius 1 is 0.857 bits per heavy atom. The van der Waals surface area contributed by atoms with Crippen molar-refractivity contribution in [1.82, 2.24) is 0 Å². The van der Waals surface area contributed by atoms with Gasteiger partial charge in [-0.15, -0.1) is 0 Å². The molecular weight excluding hydrogens is 259 g/mol.